The lowest BCUT2D eigenvalue weighted by atomic mass is 10.0. The van der Waals surface area contributed by atoms with Crippen LogP contribution >= 0.6 is 0 Å². The molecule has 5 rings (SSSR count). The number of aromatic nitrogens is 5. The number of alkyl halides is 3. The third-order valence-electron chi connectivity index (χ3n) is 6.62. The number of hydrogen-bond donors (Lipinski definition) is 2. The van der Waals surface area contributed by atoms with E-state index in [9.17, 15) is 27.6 Å². The first-order valence-corrected chi connectivity index (χ1v) is 12.5. The van der Waals surface area contributed by atoms with Gasteiger partial charge in [-0.2, -0.15) is 23.4 Å². The van der Waals surface area contributed by atoms with Crippen molar-refractivity contribution in [3.63, 3.8) is 0 Å². The van der Waals surface area contributed by atoms with Crippen LogP contribution in [0.25, 0.3) is 22.3 Å². The fourth-order valence-corrected chi connectivity index (χ4v) is 4.74. The molecule has 3 N–H and O–H groups in total. The van der Waals surface area contributed by atoms with Crippen molar-refractivity contribution >= 4 is 28.4 Å². The lowest BCUT2D eigenvalue weighted by Crippen LogP contribution is -2.21. The van der Waals surface area contributed by atoms with Gasteiger partial charge in [-0.05, 0) is 67.9 Å². The number of nitrogens with two attached hydrogens (primary N) is 1. The van der Waals surface area contributed by atoms with Crippen molar-refractivity contribution in [2.45, 2.75) is 26.4 Å². The highest BCUT2D eigenvalue weighted by molar-refractivity contribution is 6.13. The van der Waals surface area contributed by atoms with Crippen molar-refractivity contribution < 1.29 is 22.8 Å². The molecule has 13 heteroatoms. The standard InChI is InChI=1S/C28H24F3N7O3/c1-4-23-24-21(26(40)33-18-7-5-6-16(12-18)25(32)39)13-17(28(29,30)31)14-22(24)35-38(23)20-10-8-19(9-11-20)37-15(2)34-36(3)27(37)41/h5-14H,4H2,1-3H3,(H2,32,39)(H,33,40). The van der Waals surface area contributed by atoms with Crippen LogP contribution in [0.2, 0.25) is 0 Å². The maximum Gasteiger partial charge on any atom is 0.416 e. The summed E-state index contributed by atoms with van der Waals surface area (Å²) in [5.41, 5.74) is 5.61. The van der Waals surface area contributed by atoms with Crippen LogP contribution in [0.4, 0.5) is 18.9 Å². The van der Waals surface area contributed by atoms with Crippen LogP contribution in [-0.2, 0) is 19.6 Å². The molecule has 0 aliphatic heterocycles. The van der Waals surface area contributed by atoms with Crippen LogP contribution in [0.1, 0.15) is 44.7 Å². The fourth-order valence-electron chi connectivity index (χ4n) is 4.74. The Kier molecular flexibility index (Phi) is 6.73. The van der Waals surface area contributed by atoms with Gasteiger partial charge in [-0.15, -0.1) is 0 Å². The van der Waals surface area contributed by atoms with Gasteiger partial charge in [0.15, 0.2) is 0 Å². The van der Waals surface area contributed by atoms with E-state index in [0.717, 1.165) is 12.1 Å². The SMILES string of the molecule is CCc1c2c(C(=O)Nc3cccc(C(N)=O)c3)cc(C(F)(F)F)cc2nn1-c1ccc(-n2c(C)nn(C)c2=O)cc1. The molecule has 0 aliphatic rings. The van der Waals surface area contributed by atoms with E-state index in [1.54, 1.807) is 45.2 Å². The molecule has 0 fully saturated rings. The summed E-state index contributed by atoms with van der Waals surface area (Å²) in [4.78, 5) is 37.4. The van der Waals surface area contributed by atoms with E-state index < -0.39 is 23.6 Å². The van der Waals surface area contributed by atoms with Crippen molar-refractivity contribution in [1.82, 2.24) is 24.1 Å². The second kappa shape index (κ2) is 10.1. The molecule has 210 valence electrons. The second-order valence-electron chi connectivity index (χ2n) is 9.33. The van der Waals surface area contributed by atoms with Crippen molar-refractivity contribution in [2.24, 2.45) is 12.8 Å². The number of benzene rings is 3. The van der Waals surface area contributed by atoms with E-state index >= 15 is 0 Å². The van der Waals surface area contributed by atoms with Crippen LogP contribution in [0, 0.1) is 6.92 Å². The van der Waals surface area contributed by atoms with Gasteiger partial charge in [0.05, 0.1) is 33.7 Å². The van der Waals surface area contributed by atoms with E-state index in [0.29, 0.717) is 29.3 Å². The summed E-state index contributed by atoms with van der Waals surface area (Å²) in [7, 11) is 1.54. The topological polar surface area (TPSA) is 130 Å². The summed E-state index contributed by atoms with van der Waals surface area (Å²) >= 11 is 0. The number of carbonyl (C=O) groups excluding carboxylic acids is 2. The molecular weight excluding hydrogens is 539 g/mol. The monoisotopic (exact) mass is 563 g/mol. The minimum absolute atomic E-state index is 0.0175. The molecule has 41 heavy (non-hydrogen) atoms. The van der Waals surface area contributed by atoms with Gasteiger partial charge < -0.3 is 11.1 Å². The summed E-state index contributed by atoms with van der Waals surface area (Å²) in [5, 5.41) is 11.4. The highest BCUT2D eigenvalue weighted by Gasteiger charge is 2.33. The summed E-state index contributed by atoms with van der Waals surface area (Å²) in [6, 6.07) is 14.2. The lowest BCUT2D eigenvalue weighted by Gasteiger charge is -2.12. The molecule has 10 nitrogen and oxygen atoms in total. The number of halogens is 3. The molecule has 0 aliphatic carbocycles. The Bertz CT molecular complexity index is 1880. The number of carbonyl (C=O) groups is 2. The normalized spacial score (nSPS) is 11.7. The summed E-state index contributed by atoms with van der Waals surface area (Å²) < 4.78 is 45.7. The number of primary amides is 1. The van der Waals surface area contributed by atoms with Crippen LogP contribution in [-0.4, -0.2) is 35.9 Å². The quantitative estimate of drug-likeness (QED) is 0.321. The van der Waals surface area contributed by atoms with Crippen LogP contribution in [0.15, 0.2) is 65.5 Å². The van der Waals surface area contributed by atoms with Crippen LogP contribution in [0.3, 0.4) is 0 Å². The Labute approximate surface area is 230 Å². The molecule has 5 aromatic rings. The maximum atomic E-state index is 13.9. The number of amides is 2. The molecule has 2 amide bonds. The highest BCUT2D eigenvalue weighted by Crippen LogP contribution is 2.35. The Hall–Kier alpha value is -5.20. The fraction of sp³-hybridized carbons (Fsp3) is 0.179. The summed E-state index contributed by atoms with van der Waals surface area (Å²) in [5.74, 6) is -1.04. The van der Waals surface area contributed by atoms with E-state index in [1.807, 2.05) is 0 Å². The molecule has 2 heterocycles. The maximum absolute atomic E-state index is 13.9. The lowest BCUT2D eigenvalue weighted by molar-refractivity contribution is -0.137. The van der Waals surface area contributed by atoms with Gasteiger partial charge in [0.1, 0.15) is 5.82 Å². The predicted molar refractivity (Wildman–Crippen MR) is 145 cm³/mol. The van der Waals surface area contributed by atoms with Crippen molar-refractivity contribution in [1.29, 1.82) is 0 Å². The van der Waals surface area contributed by atoms with Gasteiger partial charge in [0, 0.05) is 23.7 Å². The minimum atomic E-state index is -4.73. The molecule has 2 aromatic heterocycles. The van der Waals surface area contributed by atoms with Crippen molar-refractivity contribution in [2.75, 3.05) is 5.32 Å². The first kappa shape index (κ1) is 27.4. The number of fused-ring (bicyclic) bond motifs is 1. The average molecular weight is 564 g/mol. The van der Waals surface area contributed by atoms with Gasteiger partial charge in [-0.3, -0.25) is 9.59 Å². The smallest absolute Gasteiger partial charge is 0.366 e. The molecule has 0 radical (unpaired) electrons. The first-order chi connectivity index (χ1) is 19.4. The van der Waals surface area contributed by atoms with E-state index in [1.165, 1.54) is 38.2 Å². The number of anilines is 1. The number of nitrogens with one attached hydrogen (secondary N) is 1. The highest BCUT2D eigenvalue weighted by atomic mass is 19.4. The number of aryl methyl sites for hydroxylation is 3. The Morgan fingerprint density at radius 2 is 1.68 bits per heavy atom. The second-order valence-corrected chi connectivity index (χ2v) is 9.33. The largest absolute Gasteiger partial charge is 0.416 e. The van der Waals surface area contributed by atoms with E-state index in [2.05, 4.69) is 15.5 Å². The van der Waals surface area contributed by atoms with E-state index in [-0.39, 0.29) is 33.4 Å². The summed E-state index contributed by atoms with van der Waals surface area (Å²) in [6.07, 6.45) is -4.40. The molecule has 0 atom stereocenters. The molecule has 3 aromatic carbocycles. The average Bonchev–Trinajstić information content (AvgIpc) is 3.43. The third kappa shape index (κ3) is 4.97. The minimum Gasteiger partial charge on any atom is -0.366 e. The summed E-state index contributed by atoms with van der Waals surface area (Å²) in [6.45, 7) is 3.50. The molecule has 0 spiro atoms. The molecule has 0 unspecified atom stereocenters. The first-order valence-electron chi connectivity index (χ1n) is 12.5. The Morgan fingerprint density at radius 3 is 2.27 bits per heavy atom. The number of rotatable bonds is 6. The zero-order valence-electron chi connectivity index (χ0n) is 22.2. The molecular formula is C28H24F3N7O3. The van der Waals surface area contributed by atoms with Gasteiger partial charge in [0.2, 0.25) is 5.91 Å². The molecule has 0 bridgehead atoms. The van der Waals surface area contributed by atoms with Crippen molar-refractivity contribution in [3.05, 3.63) is 99.4 Å². The molecule has 0 saturated heterocycles. The zero-order valence-corrected chi connectivity index (χ0v) is 22.2. The number of nitrogens with zero attached hydrogens (tertiary/aromatic N) is 5. The van der Waals surface area contributed by atoms with Gasteiger partial charge in [-0.25, -0.2) is 18.7 Å². The Morgan fingerprint density at radius 1 is 1.00 bits per heavy atom. The van der Waals surface area contributed by atoms with Gasteiger partial charge >= 0.3 is 11.9 Å². The van der Waals surface area contributed by atoms with Crippen LogP contribution < -0.4 is 16.7 Å². The predicted octanol–water partition coefficient (Wildman–Crippen LogP) is 4.15. The number of hydrogen-bond acceptors (Lipinski definition) is 5. The van der Waals surface area contributed by atoms with Gasteiger partial charge in [0.25, 0.3) is 5.91 Å². The van der Waals surface area contributed by atoms with Crippen LogP contribution in [0.5, 0.6) is 0 Å². The third-order valence-corrected chi connectivity index (χ3v) is 6.62. The zero-order chi connectivity index (χ0) is 29.6. The van der Waals surface area contributed by atoms with E-state index in [4.69, 9.17) is 5.73 Å². The Balaban J connectivity index is 1.63. The molecule has 0 saturated carbocycles. The van der Waals surface area contributed by atoms with Gasteiger partial charge in [-0.1, -0.05) is 13.0 Å². The van der Waals surface area contributed by atoms with Crippen molar-refractivity contribution in [3.8, 4) is 11.4 Å².